The number of benzene rings is 1. The van der Waals surface area contributed by atoms with Crippen LogP contribution in [-0.2, 0) is 14.3 Å². The predicted molar refractivity (Wildman–Crippen MR) is 97.6 cm³/mol. The van der Waals surface area contributed by atoms with Crippen LogP contribution in [0.2, 0.25) is 0 Å². The Morgan fingerprint density at radius 2 is 1.74 bits per heavy atom. The Balaban J connectivity index is 2.16. The molecule has 0 spiro atoms. The fourth-order valence-corrected chi connectivity index (χ4v) is 3.01. The van der Waals surface area contributed by atoms with E-state index < -0.39 is 23.7 Å². The number of esters is 1. The van der Waals surface area contributed by atoms with Crippen LogP contribution in [0, 0.1) is 5.82 Å². The molecule has 0 saturated carbocycles. The highest BCUT2D eigenvalue weighted by molar-refractivity contribution is 5.97. The van der Waals surface area contributed by atoms with E-state index in [1.807, 2.05) is 7.05 Å². The minimum atomic E-state index is -0.787. The van der Waals surface area contributed by atoms with E-state index in [2.05, 4.69) is 9.64 Å². The zero-order chi connectivity index (χ0) is 20.0. The van der Waals surface area contributed by atoms with E-state index in [9.17, 15) is 18.8 Å². The van der Waals surface area contributed by atoms with Crippen molar-refractivity contribution in [2.45, 2.75) is 18.9 Å². The van der Waals surface area contributed by atoms with Gasteiger partial charge in [-0.05, 0) is 37.7 Å². The van der Waals surface area contributed by atoms with Crippen LogP contribution in [0.4, 0.5) is 4.39 Å². The third-order valence-electron chi connectivity index (χ3n) is 4.83. The molecule has 1 aliphatic heterocycles. The van der Waals surface area contributed by atoms with Gasteiger partial charge in [0.2, 0.25) is 5.91 Å². The Kier molecular flexibility index (Phi) is 7.29. The van der Waals surface area contributed by atoms with Crippen molar-refractivity contribution >= 4 is 17.8 Å². The molecule has 0 unspecified atom stereocenters. The van der Waals surface area contributed by atoms with Crippen LogP contribution in [0.5, 0.6) is 0 Å². The van der Waals surface area contributed by atoms with Crippen LogP contribution in [0.25, 0.3) is 0 Å². The van der Waals surface area contributed by atoms with Gasteiger partial charge in [-0.1, -0.05) is 0 Å². The number of likely N-dealkylation sites (N-methyl/N-ethyl adjacent to an activating group) is 2. The number of rotatable bonds is 6. The summed E-state index contributed by atoms with van der Waals surface area (Å²) < 4.78 is 17.8. The Labute approximate surface area is 158 Å². The number of methoxy groups -OCH3 is 1. The van der Waals surface area contributed by atoms with Gasteiger partial charge >= 0.3 is 5.97 Å². The highest BCUT2D eigenvalue weighted by Gasteiger charge is 2.32. The maximum atomic E-state index is 13.1. The highest BCUT2D eigenvalue weighted by Crippen LogP contribution is 2.16. The number of ether oxygens (including phenoxy) is 1. The second-order valence-electron chi connectivity index (χ2n) is 6.68. The maximum absolute atomic E-state index is 13.1. The van der Waals surface area contributed by atoms with Crippen molar-refractivity contribution in [1.82, 2.24) is 14.7 Å². The summed E-state index contributed by atoms with van der Waals surface area (Å²) in [6.45, 7) is 2.65. The van der Waals surface area contributed by atoms with Crippen LogP contribution in [-0.4, -0.2) is 85.9 Å². The molecule has 8 heteroatoms. The van der Waals surface area contributed by atoms with Gasteiger partial charge in [0.05, 0.1) is 7.11 Å². The Morgan fingerprint density at radius 1 is 1.15 bits per heavy atom. The molecule has 2 rings (SSSR count). The summed E-state index contributed by atoms with van der Waals surface area (Å²) in [5.41, 5.74) is 0.285. The van der Waals surface area contributed by atoms with E-state index in [1.165, 1.54) is 43.3 Å². The van der Waals surface area contributed by atoms with Crippen LogP contribution in [0.15, 0.2) is 24.3 Å². The molecule has 2 amide bonds. The fraction of sp³-hybridized carbons (Fsp3) is 0.526. The molecule has 0 N–H and O–H groups in total. The SMILES string of the molecule is COC(=O)CC[C@@H](C(=O)N1CCN(C)CC1)N(C)C(=O)c1ccc(F)cc1. The molecule has 0 aliphatic carbocycles. The first-order valence-electron chi connectivity index (χ1n) is 8.90. The van der Waals surface area contributed by atoms with Crippen molar-refractivity contribution in [3.8, 4) is 0 Å². The standard InChI is InChI=1S/C19H26FN3O4/c1-21-10-12-23(13-11-21)19(26)16(8-9-17(24)27-3)22(2)18(25)14-4-6-15(20)7-5-14/h4-7,16H,8-13H2,1-3H3/t16-/m0/s1. The average Bonchev–Trinajstić information content (AvgIpc) is 2.68. The van der Waals surface area contributed by atoms with Gasteiger partial charge in [0.15, 0.2) is 0 Å². The van der Waals surface area contributed by atoms with Gasteiger partial charge < -0.3 is 19.4 Å². The second kappa shape index (κ2) is 9.45. The van der Waals surface area contributed by atoms with Crippen molar-refractivity contribution in [2.24, 2.45) is 0 Å². The van der Waals surface area contributed by atoms with Gasteiger partial charge in [0.1, 0.15) is 11.9 Å². The molecular weight excluding hydrogens is 353 g/mol. The summed E-state index contributed by atoms with van der Waals surface area (Å²) in [4.78, 5) is 42.5. The van der Waals surface area contributed by atoms with Crippen molar-refractivity contribution < 1.29 is 23.5 Å². The lowest BCUT2D eigenvalue weighted by atomic mass is 10.1. The van der Waals surface area contributed by atoms with E-state index >= 15 is 0 Å². The van der Waals surface area contributed by atoms with Gasteiger partial charge in [-0.2, -0.15) is 0 Å². The molecule has 1 fully saturated rings. The van der Waals surface area contributed by atoms with E-state index in [0.29, 0.717) is 13.1 Å². The van der Waals surface area contributed by atoms with Gasteiger partial charge in [0.25, 0.3) is 5.91 Å². The minimum Gasteiger partial charge on any atom is -0.469 e. The third-order valence-corrected chi connectivity index (χ3v) is 4.83. The highest BCUT2D eigenvalue weighted by atomic mass is 19.1. The van der Waals surface area contributed by atoms with E-state index in [1.54, 1.807) is 4.90 Å². The number of piperazine rings is 1. The molecule has 148 valence electrons. The van der Waals surface area contributed by atoms with Gasteiger partial charge in [-0.25, -0.2) is 4.39 Å². The van der Waals surface area contributed by atoms with E-state index in [4.69, 9.17) is 0 Å². The lowest BCUT2D eigenvalue weighted by Crippen LogP contribution is -2.54. The van der Waals surface area contributed by atoms with Crippen LogP contribution in [0.1, 0.15) is 23.2 Å². The molecule has 1 saturated heterocycles. The molecule has 0 aromatic heterocycles. The summed E-state index contributed by atoms with van der Waals surface area (Å²) in [7, 11) is 4.80. The molecule has 27 heavy (non-hydrogen) atoms. The Hall–Kier alpha value is -2.48. The fourth-order valence-electron chi connectivity index (χ4n) is 3.01. The number of amides is 2. The average molecular weight is 379 g/mol. The summed E-state index contributed by atoms with van der Waals surface area (Å²) in [6, 6.07) is 4.38. The summed E-state index contributed by atoms with van der Waals surface area (Å²) in [5.74, 6) is -1.46. The first-order chi connectivity index (χ1) is 12.8. The Bertz CT molecular complexity index is 672. The molecule has 1 aliphatic rings. The van der Waals surface area contributed by atoms with E-state index in [0.717, 1.165) is 13.1 Å². The molecule has 1 aromatic rings. The molecule has 1 atom stereocenters. The van der Waals surface area contributed by atoms with Crippen LogP contribution >= 0.6 is 0 Å². The van der Waals surface area contributed by atoms with Crippen LogP contribution < -0.4 is 0 Å². The summed E-state index contributed by atoms with van der Waals surface area (Å²) in [6.07, 6.45) is 0.197. The number of carbonyl (C=O) groups excluding carboxylic acids is 3. The molecule has 7 nitrogen and oxygen atoms in total. The van der Waals surface area contributed by atoms with Gasteiger partial charge in [0, 0.05) is 45.2 Å². The Morgan fingerprint density at radius 3 is 2.30 bits per heavy atom. The number of carbonyl (C=O) groups is 3. The maximum Gasteiger partial charge on any atom is 0.305 e. The molecular formula is C19H26FN3O4. The monoisotopic (exact) mass is 379 g/mol. The molecule has 1 aromatic carbocycles. The quantitative estimate of drug-likeness (QED) is 0.690. The zero-order valence-electron chi connectivity index (χ0n) is 16.0. The second-order valence-corrected chi connectivity index (χ2v) is 6.68. The third kappa shape index (κ3) is 5.50. The van der Waals surface area contributed by atoms with E-state index in [-0.39, 0.29) is 24.3 Å². The summed E-state index contributed by atoms with van der Waals surface area (Å²) >= 11 is 0. The minimum absolute atomic E-state index is 0.0295. The zero-order valence-corrected chi connectivity index (χ0v) is 16.0. The lowest BCUT2D eigenvalue weighted by molar-refractivity contribution is -0.142. The first-order valence-corrected chi connectivity index (χ1v) is 8.90. The smallest absolute Gasteiger partial charge is 0.305 e. The molecule has 0 bridgehead atoms. The number of hydrogen-bond donors (Lipinski definition) is 0. The summed E-state index contributed by atoms with van der Waals surface area (Å²) in [5, 5.41) is 0. The first kappa shape index (κ1) is 20.8. The molecule has 1 heterocycles. The van der Waals surface area contributed by atoms with Crippen molar-refractivity contribution in [2.75, 3.05) is 47.4 Å². The lowest BCUT2D eigenvalue weighted by Gasteiger charge is -2.37. The largest absolute Gasteiger partial charge is 0.469 e. The van der Waals surface area contributed by atoms with Crippen molar-refractivity contribution in [3.05, 3.63) is 35.6 Å². The predicted octanol–water partition coefficient (Wildman–Crippen LogP) is 0.993. The van der Waals surface area contributed by atoms with Gasteiger partial charge in [-0.15, -0.1) is 0 Å². The number of hydrogen-bond acceptors (Lipinski definition) is 5. The van der Waals surface area contributed by atoms with Crippen molar-refractivity contribution in [3.63, 3.8) is 0 Å². The number of halogens is 1. The van der Waals surface area contributed by atoms with Crippen LogP contribution in [0.3, 0.4) is 0 Å². The topological polar surface area (TPSA) is 70.2 Å². The molecule has 0 radical (unpaired) electrons. The normalized spacial score (nSPS) is 15.9. The number of nitrogens with zero attached hydrogens (tertiary/aromatic N) is 3. The van der Waals surface area contributed by atoms with Gasteiger partial charge in [-0.3, -0.25) is 14.4 Å². The van der Waals surface area contributed by atoms with Crippen molar-refractivity contribution in [1.29, 1.82) is 0 Å².